The van der Waals surface area contributed by atoms with Gasteiger partial charge < -0.3 is 19.7 Å². The number of carbonyl (C=O) groups is 1. The van der Waals surface area contributed by atoms with Crippen LogP contribution in [0.2, 0.25) is 0 Å². The summed E-state index contributed by atoms with van der Waals surface area (Å²) < 4.78 is 11.4. The van der Waals surface area contributed by atoms with Crippen molar-refractivity contribution in [2.45, 2.75) is 44.8 Å². The summed E-state index contributed by atoms with van der Waals surface area (Å²) in [5.74, 6) is 0.852. The maximum atomic E-state index is 13.0. The van der Waals surface area contributed by atoms with Gasteiger partial charge in [-0.05, 0) is 50.4 Å². The lowest BCUT2D eigenvalue weighted by atomic mass is 10.1. The normalized spacial score (nSPS) is 22.4. The van der Waals surface area contributed by atoms with E-state index in [1.165, 1.54) is 0 Å². The lowest BCUT2D eigenvalue weighted by molar-refractivity contribution is 0.0671. The Labute approximate surface area is 156 Å². The van der Waals surface area contributed by atoms with E-state index in [-0.39, 0.29) is 24.4 Å². The zero-order valence-electron chi connectivity index (χ0n) is 14.9. The summed E-state index contributed by atoms with van der Waals surface area (Å²) in [5.41, 5.74) is 0.709. The van der Waals surface area contributed by atoms with E-state index < -0.39 is 0 Å². The molecule has 0 saturated carbocycles. The fraction of sp³-hybridized carbons (Fsp3) is 0.632. The highest BCUT2D eigenvalue weighted by molar-refractivity contribution is 5.94. The Kier molecular flexibility index (Phi) is 8.00. The van der Waals surface area contributed by atoms with Gasteiger partial charge in [-0.25, -0.2) is 0 Å². The van der Waals surface area contributed by atoms with E-state index in [4.69, 9.17) is 9.47 Å². The molecular formula is C19H29ClN2O3. The first-order chi connectivity index (χ1) is 11.8. The first-order valence-corrected chi connectivity index (χ1v) is 9.14. The Morgan fingerprint density at radius 2 is 2.28 bits per heavy atom. The van der Waals surface area contributed by atoms with Crippen LogP contribution in [0.4, 0.5) is 0 Å². The number of benzene rings is 1. The average molecular weight is 369 g/mol. The van der Waals surface area contributed by atoms with Crippen molar-refractivity contribution < 1.29 is 14.3 Å². The molecule has 0 radical (unpaired) electrons. The number of ether oxygens (including phenoxy) is 2. The maximum absolute atomic E-state index is 13.0. The third-order valence-corrected chi connectivity index (χ3v) is 4.74. The van der Waals surface area contributed by atoms with Crippen LogP contribution in [0.15, 0.2) is 24.3 Å². The predicted molar refractivity (Wildman–Crippen MR) is 101 cm³/mol. The molecule has 0 aromatic heterocycles. The molecule has 25 heavy (non-hydrogen) atoms. The molecule has 2 fully saturated rings. The Morgan fingerprint density at radius 3 is 2.96 bits per heavy atom. The van der Waals surface area contributed by atoms with E-state index in [0.717, 1.165) is 57.7 Å². The second kappa shape index (κ2) is 10.00. The quantitative estimate of drug-likeness (QED) is 0.804. The minimum absolute atomic E-state index is 0. The zero-order chi connectivity index (χ0) is 16.8. The highest BCUT2D eigenvalue weighted by Crippen LogP contribution is 2.20. The first-order valence-electron chi connectivity index (χ1n) is 9.14. The second-order valence-corrected chi connectivity index (χ2v) is 6.62. The van der Waals surface area contributed by atoms with Gasteiger partial charge in [0.15, 0.2) is 0 Å². The molecule has 0 bridgehead atoms. The third kappa shape index (κ3) is 5.33. The van der Waals surface area contributed by atoms with Gasteiger partial charge >= 0.3 is 0 Å². The average Bonchev–Trinajstić information content (AvgIpc) is 3.31. The van der Waals surface area contributed by atoms with Gasteiger partial charge in [0, 0.05) is 31.3 Å². The van der Waals surface area contributed by atoms with Gasteiger partial charge in [0.1, 0.15) is 12.4 Å². The Bertz CT molecular complexity index is 543. The smallest absolute Gasteiger partial charge is 0.254 e. The molecule has 1 aromatic rings. The molecule has 0 spiro atoms. The number of hydrogen-bond donors (Lipinski definition) is 1. The van der Waals surface area contributed by atoms with Crippen LogP contribution >= 0.6 is 12.4 Å². The Hall–Kier alpha value is -1.30. The zero-order valence-corrected chi connectivity index (χ0v) is 15.7. The molecule has 2 saturated heterocycles. The van der Waals surface area contributed by atoms with Crippen molar-refractivity contribution in [3.05, 3.63) is 29.8 Å². The number of rotatable bonds is 7. The molecule has 1 amide bonds. The van der Waals surface area contributed by atoms with Crippen molar-refractivity contribution in [2.24, 2.45) is 0 Å². The van der Waals surface area contributed by atoms with Crippen molar-refractivity contribution in [3.8, 4) is 5.75 Å². The molecule has 0 aliphatic carbocycles. The van der Waals surface area contributed by atoms with E-state index in [9.17, 15) is 4.79 Å². The molecule has 6 heteroatoms. The highest BCUT2D eigenvalue weighted by Gasteiger charge is 2.26. The lowest BCUT2D eigenvalue weighted by Gasteiger charge is -2.28. The van der Waals surface area contributed by atoms with Gasteiger partial charge in [-0.3, -0.25) is 4.79 Å². The SMILES string of the molecule is CCCN(C(=O)c1cccc(OCC2CCCO2)c1)C1CCNC1.Cl. The molecule has 140 valence electrons. The van der Waals surface area contributed by atoms with Crippen molar-refractivity contribution in [3.63, 3.8) is 0 Å². The van der Waals surface area contributed by atoms with Crippen LogP contribution < -0.4 is 10.1 Å². The van der Waals surface area contributed by atoms with Crippen LogP contribution in [0.3, 0.4) is 0 Å². The predicted octanol–water partition coefficient (Wildman–Crippen LogP) is 2.88. The summed E-state index contributed by atoms with van der Waals surface area (Å²) in [6, 6.07) is 7.85. The standard InChI is InChI=1S/C19H28N2O3.ClH/c1-2-10-21(16-8-9-20-13-16)19(22)15-5-3-6-17(12-15)24-14-18-7-4-11-23-18;/h3,5-6,12,16,18,20H,2,4,7-11,13-14H2,1H3;1H. The molecular weight excluding hydrogens is 340 g/mol. The number of nitrogens with zero attached hydrogens (tertiary/aromatic N) is 1. The van der Waals surface area contributed by atoms with Gasteiger partial charge in [-0.1, -0.05) is 13.0 Å². The summed E-state index contributed by atoms with van der Waals surface area (Å²) >= 11 is 0. The number of amides is 1. The summed E-state index contributed by atoms with van der Waals surface area (Å²) in [7, 11) is 0. The Morgan fingerprint density at radius 1 is 1.40 bits per heavy atom. The maximum Gasteiger partial charge on any atom is 0.254 e. The van der Waals surface area contributed by atoms with Gasteiger partial charge in [0.25, 0.3) is 5.91 Å². The minimum atomic E-state index is 0. The molecule has 2 aliphatic heterocycles. The van der Waals surface area contributed by atoms with Crippen LogP contribution in [0.1, 0.15) is 43.0 Å². The molecule has 1 N–H and O–H groups in total. The molecule has 3 rings (SSSR count). The van der Waals surface area contributed by atoms with Crippen LogP contribution in [0.25, 0.3) is 0 Å². The van der Waals surface area contributed by atoms with E-state index in [1.54, 1.807) is 0 Å². The van der Waals surface area contributed by atoms with E-state index in [1.807, 2.05) is 29.2 Å². The fourth-order valence-electron chi connectivity index (χ4n) is 3.45. The number of halogens is 1. The highest BCUT2D eigenvalue weighted by atomic mass is 35.5. The van der Waals surface area contributed by atoms with E-state index in [0.29, 0.717) is 18.2 Å². The summed E-state index contributed by atoms with van der Waals surface area (Å²) in [5, 5.41) is 3.35. The Balaban J connectivity index is 0.00000225. The largest absolute Gasteiger partial charge is 0.491 e. The molecule has 2 heterocycles. The molecule has 2 unspecified atom stereocenters. The van der Waals surface area contributed by atoms with E-state index in [2.05, 4.69) is 12.2 Å². The molecule has 2 aliphatic rings. The topological polar surface area (TPSA) is 50.8 Å². The number of carbonyl (C=O) groups excluding carboxylic acids is 1. The van der Waals surface area contributed by atoms with Crippen molar-refractivity contribution in [1.29, 1.82) is 0 Å². The van der Waals surface area contributed by atoms with Gasteiger partial charge in [-0.2, -0.15) is 0 Å². The first kappa shape index (κ1) is 20.0. The van der Waals surface area contributed by atoms with Crippen LogP contribution in [0, 0.1) is 0 Å². The van der Waals surface area contributed by atoms with Gasteiger partial charge in [-0.15, -0.1) is 12.4 Å². The van der Waals surface area contributed by atoms with Gasteiger partial charge in [0.2, 0.25) is 0 Å². The second-order valence-electron chi connectivity index (χ2n) is 6.62. The van der Waals surface area contributed by atoms with Crippen LogP contribution in [-0.4, -0.2) is 55.8 Å². The summed E-state index contributed by atoms with van der Waals surface area (Å²) in [4.78, 5) is 15.0. The van der Waals surface area contributed by atoms with Crippen molar-refractivity contribution >= 4 is 18.3 Å². The molecule has 5 nitrogen and oxygen atoms in total. The minimum Gasteiger partial charge on any atom is -0.491 e. The van der Waals surface area contributed by atoms with Crippen molar-refractivity contribution in [2.75, 3.05) is 32.8 Å². The van der Waals surface area contributed by atoms with Gasteiger partial charge in [0.05, 0.1) is 6.10 Å². The van der Waals surface area contributed by atoms with E-state index >= 15 is 0 Å². The number of nitrogens with one attached hydrogen (secondary N) is 1. The molecule has 2 atom stereocenters. The summed E-state index contributed by atoms with van der Waals surface area (Å²) in [6.07, 6.45) is 4.34. The summed E-state index contributed by atoms with van der Waals surface area (Å²) in [6.45, 7) is 6.18. The fourth-order valence-corrected chi connectivity index (χ4v) is 3.45. The lowest BCUT2D eigenvalue weighted by Crippen LogP contribution is -2.42. The van der Waals surface area contributed by atoms with Crippen LogP contribution in [-0.2, 0) is 4.74 Å². The monoisotopic (exact) mass is 368 g/mol. The molecule has 1 aromatic carbocycles. The van der Waals surface area contributed by atoms with Crippen molar-refractivity contribution in [1.82, 2.24) is 10.2 Å². The number of hydrogen-bond acceptors (Lipinski definition) is 4. The third-order valence-electron chi connectivity index (χ3n) is 4.74. The van der Waals surface area contributed by atoms with Crippen LogP contribution in [0.5, 0.6) is 5.75 Å².